The van der Waals surface area contributed by atoms with Gasteiger partial charge in [-0.25, -0.2) is 9.59 Å². The number of amides is 2. The second kappa shape index (κ2) is 9.57. The average molecular weight is 495 g/mol. The molecule has 0 heterocycles. The summed E-state index contributed by atoms with van der Waals surface area (Å²) in [5.74, 6) is -0.368. The summed E-state index contributed by atoms with van der Waals surface area (Å²) in [5, 5.41) is 15.1. The Morgan fingerprint density at radius 2 is 1.74 bits per heavy atom. The minimum Gasteiger partial charge on any atom is -0.480 e. The first-order chi connectivity index (χ1) is 16.9. The molecule has 4 atom stereocenters. The number of carboxylic acids is 1. The van der Waals surface area contributed by atoms with Gasteiger partial charge in [0.25, 0.3) is 0 Å². The largest absolute Gasteiger partial charge is 0.480 e. The van der Waals surface area contributed by atoms with E-state index in [1.807, 2.05) is 30.5 Å². The van der Waals surface area contributed by atoms with Crippen LogP contribution >= 0.6 is 11.8 Å². The molecule has 2 fully saturated rings. The molecule has 35 heavy (non-hydrogen) atoms. The van der Waals surface area contributed by atoms with E-state index in [0.717, 1.165) is 17.5 Å². The van der Waals surface area contributed by atoms with Crippen molar-refractivity contribution in [2.45, 2.75) is 43.7 Å². The number of carbonyl (C=O) groups excluding carboxylic acids is 2. The van der Waals surface area contributed by atoms with Crippen LogP contribution < -0.4 is 10.6 Å². The molecule has 2 saturated carbocycles. The maximum Gasteiger partial charge on any atom is 0.407 e. The molecule has 0 bridgehead atoms. The van der Waals surface area contributed by atoms with E-state index in [-0.39, 0.29) is 30.4 Å². The zero-order valence-electron chi connectivity index (χ0n) is 19.7. The number of benzene rings is 2. The zero-order chi connectivity index (χ0) is 24.6. The van der Waals surface area contributed by atoms with Gasteiger partial charge in [-0.2, -0.15) is 11.8 Å². The van der Waals surface area contributed by atoms with Gasteiger partial charge in [0.1, 0.15) is 12.6 Å². The van der Waals surface area contributed by atoms with E-state index in [9.17, 15) is 19.5 Å². The van der Waals surface area contributed by atoms with Gasteiger partial charge in [-0.3, -0.25) is 4.79 Å². The van der Waals surface area contributed by atoms with Gasteiger partial charge >= 0.3 is 12.1 Å². The molecule has 3 N–H and O–H groups in total. The van der Waals surface area contributed by atoms with Gasteiger partial charge in [-0.1, -0.05) is 48.5 Å². The molecule has 3 aliphatic carbocycles. The van der Waals surface area contributed by atoms with Crippen LogP contribution in [0.3, 0.4) is 0 Å². The summed E-state index contributed by atoms with van der Waals surface area (Å²) in [6, 6.07) is 15.4. The zero-order valence-corrected chi connectivity index (χ0v) is 20.5. The smallest absolute Gasteiger partial charge is 0.407 e. The third-order valence-electron chi connectivity index (χ3n) is 7.74. The van der Waals surface area contributed by atoms with Crippen molar-refractivity contribution in [2.24, 2.45) is 11.3 Å². The number of fused-ring (bicyclic) bond motifs is 4. The summed E-state index contributed by atoms with van der Waals surface area (Å²) in [5.41, 5.74) is 4.12. The van der Waals surface area contributed by atoms with Gasteiger partial charge in [0.2, 0.25) is 5.91 Å². The maximum absolute atomic E-state index is 12.9. The number of hydrogen-bond acceptors (Lipinski definition) is 5. The van der Waals surface area contributed by atoms with Crippen molar-refractivity contribution in [1.29, 1.82) is 0 Å². The second-order valence-corrected chi connectivity index (χ2v) is 10.8. The lowest BCUT2D eigenvalue weighted by molar-refractivity contribution is -0.142. The fourth-order valence-electron chi connectivity index (χ4n) is 5.89. The van der Waals surface area contributed by atoms with E-state index in [0.29, 0.717) is 25.0 Å². The lowest BCUT2D eigenvalue weighted by Crippen LogP contribution is -2.45. The number of hydrogen-bond donors (Lipinski definition) is 3. The van der Waals surface area contributed by atoms with E-state index in [4.69, 9.17) is 4.74 Å². The summed E-state index contributed by atoms with van der Waals surface area (Å²) >= 11 is 1.55. The third-order valence-corrected chi connectivity index (χ3v) is 8.39. The van der Waals surface area contributed by atoms with Crippen LogP contribution in [0.15, 0.2) is 48.5 Å². The van der Waals surface area contributed by atoms with Crippen molar-refractivity contribution in [1.82, 2.24) is 10.6 Å². The molecule has 0 aromatic heterocycles. The number of alkyl carbamates (subject to hydrolysis) is 1. The van der Waals surface area contributed by atoms with Crippen LogP contribution in [-0.4, -0.2) is 53.8 Å². The number of aliphatic carboxylic acids is 1. The number of carbonyl (C=O) groups is 3. The molecule has 7 nitrogen and oxygen atoms in total. The Balaban J connectivity index is 1.15. The highest BCUT2D eigenvalue weighted by Crippen LogP contribution is 2.63. The van der Waals surface area contributed by atoms with Gasteiger partial charge < -0.3 is 20.5 Å². The summed E-state index contributed by atoms with van der Waals surface area (Å²) in [4.78, 5) is 37.1. The molecule has 2 aromatic rings. The summed E-state index contributed by atoms with van der Waals surface area (Å²) < 4.78 is 5.65. The average Bonchev–Trinajstić information content (AvgIpc) is 3.28. The summed E-state index contributed by atoms with van der Waals surface area (Å²) in [6.45, 7) is 0.247. The quantitative estimate of drug-likeness (QED) is 0.487. The predicted octanol–water partition coefficient (Wildman–Crippen LogP) is 4.02. The highest BCUT2D eigenvalue weighted by molar-refractivity contribution is 7.98. The topological polar surface area (TPSA) is 105 Å². The SMILES string of the molecule is CSCC[C@@H](NC(=O)[C@]12C[C@H](NC(=O)OCC3c4ccccc4-c4ccccc43)C[C@H]1C2)C(=O)O. The molecule has 8 heteroatoms. The van der Waals surface area contributed by atoms with Gasteiger partial charge in [-0.05, 0) is 65.9 Å². The molecule has 2 amide bonds. The monoisotopic (exact) mass is 494 g/mol. The standard InChI is InChI=1S/C27H30N2O5S/c1-35-11-10-23(24(30)31)29-25(32)27-13-16(27)12-17(14-27)28-26(33)34-15-22-20-8-4-2-6-18(20)19-7-3-5-9-21(19)22/h2-9,16-17,22-23H,10-15H2,1H3,(H,28,33)(H,29,32)(H,30,31)/t16-,17+,23+,27+/m0/s1. The van der Waals surface area contributed by atoms with E-state index >= 15 is 0 Å². The Bertz CT molecular complexity index is 1110. The molecule has 0 aliphatic heterocycles. The predicted molar refractivity (Wildman–Crippen MR) is 134 cm³/mol. The van der Waals surface area contributed by atoms with Crippen LogP contribution in [0.25, 0.3) is 11.1 Å². The third kappa shape index (κ3) is 4.51. The maximum atomic E-state index is 12.9. The first kappa shape index (κ1) is 23.7. The van der Waals surface area contributed by atoms with Gasteiger partial charge in [0.05, 0.1) is 5.41 Å². The first-order valence-corrected chi connectivity index (χ1v) is 13.5. The molecule has 0 unspecified atom stereocenters. The number of ether oxygens (including phenoxy) is 1. The Morgan fingerprint density at radius 1 is 1.09 bits per heavy atom. The summed E-state index contributed by atoms with van der Waals surface area (Å²) in [7, 11) is 0. The molecular weight excluding hydrogens is 464 g/mol. The molecule has 2 aromatic carbocycles. The molecule has 0 spiro atoms. The van der Waals surface area contributed by atoms with Crippen LogP contribution in [-0.2, 0) is 14.3 Å². The Kier molecular flexibility index (Phi) is 6.49. The molecule has 184 valence electrons. The highest BCUT2D eigenvalue weighted by atomic mass is 32.2. The molecule has 3 aliphatic rings. The van der Waals surface area contributed by atoms with Crippen LogP contribution in [0.4, 0.5) is 4.79 Å². The van der Waals surface area contributed by atoms with Crippen molar-refractivity contribution in [3.8, 4) is 11.1 Å². The summed E-state index contributed by atoms with van der Waals surface area (Å²) in [6.07, 6.45) is 3.80. The number of carboxylic acid groups (broad SMARTS) is 1. The minimum atomic E-state index is -1.01. The van der Waals surface area contributed by atoms with E-state index in [2.05, 4.69) is 34.9 Å². The number of nitrogens with one attached hydrogen (secondary N) is 2. The van der Waals surface area contributed by atoms with Gasteiger partial charge in [0, 0.05) is 12.0 Å². The van der Waals surface area contributed by atoms with Crippen LogP contribution in [0.2, 0.25) is 0 Å². The highest BCUT2D eigenvalue weighted by Gasteiger charge is 2.65. The van der Waals surface area contributed by atoms with Crippen LogP contribution in [0, 0.1) is 11.3 Å². The first-order valence-electron chi connectivity index (χ1n) is 12.1. The second-order valence-electron chi connectivity index (χ2n) is 9.81. The van der Waals surface area contributed by atoms with Gasteiger partial charge in [-0.15, -0.1) is 0 Å². The Hall–Kier alpha value is -3.00. The Labute approximate surface area is 209 Å². The van der Waals surface area contributed by atoms with Crippen LogP contribution in [0.5, 0.6) is 0 Å². The number of rotatable bonds is 9. The Morgan fingerprint density at radius 3 is 2.37 bits per heavy atom. The minimum absolute atomic E-state index is 0.00325. The number of thioether (sulfide) groups is 1. The van der Waals surface area contributed by atoms with Crippen molar-refractivity contribution in [3.63, 3.8) is 0 Å². The van der Waals surface area contributed by atoms with E-state index < -0.39 is 23.5 Å². The molecule has 0 radical (unpaired) electrons. The van der Waals surface area contributed by atoms with Crippen molar-refractivity contribution < 1.29 is 24.2 Å². The lowest BCUT2D eigenvalue weighted by atomic mass is 9.98. The fraction of sp³-hybridized carbons (Fsp3) is 0.444. The lowest BCUT2D eigenvalue weighted by Gasteiger charge is -2.21. The van der Waals surface area contributed by atoms with Crippen molar-refractivity contribution in [3.05, 3.63) is 59.7 Å². The van der Waals surface area contributed by atoms with Crippen molar-refractivity contribution in [2.75, 3.05) is 18.6 Å². The molecule has 5 rings (SSSR count). The van der Waals surface area contributed by atoms with E-state index in [1.165, 1.54) is 11.1 Å². The molecule has 0 saturated heterocycles. The van der Waals surface area contributed by atoms with Crippen molar-refractivity contribution >= 4 is 29.7 Å². The van der Waals surface area contributed by atoms with Crippen LogP contribution in [0.1, 0.15) is 42.7 Å². The fourth-order valence-corrected chi connectivity index (χ4v) is 6.36. The normalized spacial score (nSPS) is 24.6. The van der Waals surface area contributed by atoms with Gasteiger partial charge in [0.15, 0.2) is 0 Å². The molecular formula is C27H30N2O5S. The van der Waals surface area contributed by atoms with E-state index in [1.54, 1.807) is 11.8 Å².